The number of hydrogen-bond acceptors (Lipinski definition) is 5. The van der Waals surface area contributed by atoms with Crippen LogP contribution >= 0.6 is 22.9 Å². The maximum atomic E-state index is 6.16. The van der Waals surface area contributed by atoms with Crippen LogP contribution in [0.3, 0.4) is 0 Å². The van der Waals surface area contributed by atoms with Gasteiger partial charge in [0.15, 0.2) is 5.13 Å². The number of thiazole rings is 1. The van der Waals surface area contributed by atoms with Gasteiger partial charge in [-0.25, -0.2) is 4.98 Å². The van der Waals surface area contributed by atoms with Crippen molar-refractivity contribution in [3.8, 4) is 5.75 Å². The summed E-state index contributed by atoms with van der Waals surface area (Å²) in [6, 6.07) is 3.84. The Bertz CT molecular complexity index is 544. The van der Waals surface area contributed by atoms with Gasteiger partial charge in [-0.1, -0.05) is 22.9 Å². The maximum Gasteiger partial charge on any atom is 0.184 e. The SMILES string of the molecule is COCC(C)Nc1nc2c(OC)ccc(Cl)c2s1. The molecule has 0 fully saturated rings. The fourth-order valence-corrected chi connectivity index (χ4v) is 2.95. The number of ether oxygens (including phenoxy) is 2. The summed E-state index contributed by atoms with van der Waals surface area (Å²) in [7, 11) is 3.30. The molecule has 0 aliphatic rings. The first-order valence-corrected chi connectivity index (χ1v) is 6.73. The van der Waals surface area contributed by atoms with E-state index in [4.69, 9.17) is 21.1 Å². The standard InChI is InChI=1S/C12H15ClN2O2S/c1-7(6-16-2)14-12-15-10-9(17-3)5-4-8(13)11(10)18-12/h4-5,7H,6H2,1-3H3,(H,14,15). The van der Waals surface area contributed by atoms with Gasteiger partial charge >= 0.3 is 0 Å². The Kier molecular flexibility index (Phi) is 4.27. The molecule has 0 spiro atoms. The van der Waals surface area contributed by atoms with Crippen molar-refractivity contribution in [2.75, 3.05) is 26.1 Å². The minimum Gasteiger partial charge on any atom is -0.494 e. The third-order valence-corrected chi connectivity index (χ3v) is 3.91. The molecule has 0 aliphatic heterocycles. The summed E-state index contributed by atoms with van der Waals surface area (Å²) in [5, 5.41) is 4.79. The van der Waals surface area contributed by atoms with Crippen molar-refractivity contribution in [1.29, 1.82) is 0 Å². The fourth-order valence-electron chi connectivity index (χ4n) is 1.68. The third-order valence-electron chi connectivity index (χ3n) is 2.46. The third kappa shape index (κ3) is 2.68. The minimum atomic E-state index is 0.195. The summed E-state index contributed by atoms with van der Waals surface area (Å²) in [5.41, 5.74) is 0.794. The number of benzene rings is 1. The van der Waals surface area contributed by atoms with Gasteiger partial charge in [0.2, 0.25) is 0 Å². The molecule has 1 aromatic heterocycles. The molecule has 0 aliphatic carbocycles. The van der Waals surface area contributed by atoms with Crippen molar-refractivity contribution in [2.24, 2.45) is 0 Å². The van der Waals surface area contributed by atoms with Gasteiger partial charge in [-0.2, -0.15) is 0 Å². The molecule has 1 unspecified atom stereocenters. The molecule has 4 nitrogen and oxygen atoms in total. The molecule has 0 amide bonds. The number of anilines is 1. The van der Waals surface area contributed by atoms with Gasteiger partial charge in [-0.05, 0) is 19.1 Å². The van der Waals surface area contributed by atoms with E-state index in [0.29, 0.717) is 11.6 Å². The van der Waals surface area contributed by atoms with Crippen LogP contribution < -0.4 is 10.1 Å². The van der Waals surface area contributed by atoms with Crippen LogP contribution in [-0.4, -0.2) is 31.9 Å². The molecule has 1 atom stereocenters. The van der Waals surface area contributed by atoms with E-state index in [2.05, 4.69) is 10.3 Å². The van der Waals surface area contributed by atoms with E-state index in [0.717, 1.165) is 21.1 Å². The highest BCUT2D eigenvalue weighted by atomic mass is 35.5. The number of nitrogens with zero attached hydrogens (tertiary/aromatic N) is 1. The van der Waals surface area contributed by atoms with Crippen LogP contribution in [0.25, 0.3) is 10.2 Å². The van der Waals surface area contributed by atoms with Gasteiger partial charge in [0.05, 0.1) is 23.4 Å². The lowest BCUT2D eigenvalue weighted by atomic mass is 10.3. The van der Waals surface area contributed by atoms with Gasteiger partial charge in [0.1, 0.15) is 11.3 Å². The van der Waals surface area contributed by atoms with Crippen molar-refractivity contribution in [2.45, 2.75) is 13.0 Å². The molecule has 1 N–H and O–H groups in total. The van der Waals surface area contributed by atoms with E-state index in [-0.39, 0.29) is 6.04 Å². The Labute approximate surface area is 115 Å². The second kappa shape index (κ2) is 5.73. The van der Waals surface area contributed by atoms with Crippen LogP contribution in [0.2, 0.25) is 5.02 Å². The molecule has 2 aromatic rings. The van der Waals surface area contributed by atoms with Crippen LogP contribution in [0.4, 0.5) is 5.13 Å². The molecule has 0 bridgehead atoms. The molecular weight excluding hydrogens is 272 g/mol. The lowest BCUT2D eigenvalue weighted by Crippen LogP contribution is -2.20. The van der Waals surface area contributed by atoms with Crippen LogP contribution in [0.5, 0.6) is 5.75 Å². The summed E-state index contributed by atoms with van der Waals surface area (Å²) in [6.07, 6.45) is 0. The van der Waals surface area contributed by atoms with Gasteiger partial charge in [0, 0.05) is 13.2 Å². The van der Waals surface area contributed by atoms with Crippen molar-refractivity contribution < 1.29 is 9.47 Å². The van der Waals surface area contributed by atoms with Crippen molar-refractivity contribution in [3.63, 3.8) is 0 Å². The van der Waals surface area contributed by atoms with E-state index >= 15 is 0 Å². The molecule has 2 rings (SSSR count). The number of fused-ring (bicyclic) bond motifs is 1. The predicted octanol–water partition coefficient (Wildman–Crippen LogP) is 3.41. The number of halogens is 1. The van der Waals surface area contributed by atoms with E-state index < -0.39 is 0 Å². The number of rotatable bonds is 5. The highest BCUT2D eigenvalue weighted by molar-refractivity contribution is 7.22. The average molecular weight is 287 g/mol. The second-order valence-corrected chi connectivity index (χ2v) is 5.35. The smallest absolute Gasteiger partial charge is 0.184 e. The zero-order valence-electron chi connectivity index (χ0n) is 10.5. The molecular formula is C12H15ClN2O2S. The Balaban J connectivity index is 2.34. The van der Waals surface area contributed by atoms with Crippen molar-refractivity contribution >= 4 is 38.3 Å². The molecule has 6 heteroatoms. The van der Waals surface area contributed by atoms with Gasteiger partial charge in [0.25, 0.3) is 0 Å². The minimum absolute atomic E-state index is 0.195. The van der Waals surface area contributed by atoms with E-state index in [9.17, 15) is 0 Å². The zero-order chi connectivity index (χ0) is 13.1. The first-order valence-electron chi connectivity index (χ1n) is 5.54. The first kappa shape index (κ1) is 13.4. The second-order valence-electron chi connectivity index (χ2n) is 3.95. The van der Waals surface area contributed by atoms with Crippen LogP contribution in [0, 0.1) is 0 Å². The molecule has 0 saturated heterocycles. The van der Waals surface area contributed by atoms with Crippen molar-refractivity contribution in [3.05, 3.63) is 17.2 Å². The topological polar surface area (TPSA) is 43.4 Å². The quantitative estimate of drug-likeness (QED) is 0.915. The lowest BCUT2D eigenvalue weighted by Gasteiger charge is -2.10. The van der Waals surface area contributed by atoms with Crippen LogP contribution in [0.1, 0.15) is 6.92 Å². The predicted molar refractivity (Wildman–Crippen MR) is 76.1 cm³/mol. The Hall–Kier alpha value is -1.04. The monoisotopic (exact) mass is 286 g/mol. The number of aromatic nitrogens is 1. The average Bonchev–Trinajstić information content (AvgIpc) is 2.74. The first-order chi connectivity index (χ1) is 8.65. The molecule has 1 aromatic carbocycles. The Morgan fingerprint density at radius 2 is 2.22 bits per heavy atom. The summed E-state index contributed by atoms with van der Waals surface area (Å²) in [4.78, 5) is 4.51. The normalized spacial score (nSPS) is 12.7. The van der Waals surface area contributed by atoms with Gasteiger partial charge in [-0.15, -0.1) is 0 Å². The highest BCUT2D eigenvalue weighted by Crippen LogP contribution is 2.37. The lowest BCUT2D eigenvalue weighted by molar-refractivity contribution is 0.190. The molecule has 98 valence electrons. The van der Waals surface area contributed by atoms with E-state index in [1.807, 2.05) is 19.1 Å². The summed E-state index contributed by atoms with van der Waals surface area (Å²) in [5.74, 6) is 0.734. The summed E-state index contributed by atoms with van der Waals surface area (Å²) < 4.78 is 11.3. The summed E-state index contributed by atoms with van der Waals surface area (Å²) in [6.45, 7) is 2.66. The van der Waals surface area contributed by atoms with Crippen LogP contribution in [-0.2, 0) is 4.74 Å². The highest BCUT2D eigenvalue weighted by Gasteiger charge is 2.13. The number of nitrogens with one attached hydrogen (secondary N) is 1. The maximum absolute atomic E-state index is 6.16. The van der Waals surface area contributed by atoms with Gasteiger partial charge < -0.3 is 14.8 Å². The summed E-state index contributed by atoms with van der Waals surface area (Å²) >= 11 is 7.68. The van der Waals surface area contributed by atoms with Crippen molar-refractivity contribution in [1.82, 2.24) is 4.98 Å². The molecule has 1 heterocycles. The molecule has 0 radical (unpaired) electrons. The van der Waals surface area contributed by atoms with Gasteiger partial charge in [-0.3, -0.25) is 0 Å². The zero-order valence-corrected chi connectivity index (χ0v) is 12.1. The van der Waals surface area contributed by atoms with Crippen LogP contribution in [0.15, 0.2) is 12.1 Å². The number of hydrogen-bond donors (Lipinski definition) is 1. The largest absolute Gasteiger partial charge is 0.494 e. The number of methoxy groups -OCH3 is 2. The Morgan fingerprint density at radius 3 is 2.89 bits per heavy atom. The molecule has 18 heavy (non-hydrogen) atoms. The van der Waals surface area contributed by atoms with E-state index in [1.165, 1.54) is 11.3 Å². The fraction of sp³-hybridized carbons (Fsp3) is 0.417. The molecule has 0 saturated carbocycles. The Morgan fingerprint density at radius 1 is 1.44 bits per heavy atom. The van der Waals surface area contributed by atoms with E-state index in [1.54, 1.807) is 14.2 Å².